The third-order valence-electron chi connectivity index (χ3n) is 0.787. The quantitative estimate of drug-likeness (QED) is 0.578. The molecule has 0 heterocycles. The van der Waals surface area contributed by atoms with Gasteiger partial charge in [-0.1, -0.05) is 12.6 Å². The molecule has 0 spiro atoms. The van der Waals surface area contributed by atoms with Gasteiger partial charge in [0.15, 0.2) is 0 Å². The summed E-state index contributed by atoms with van der Waals surface area (Å²) in [4.78, 5) is 10.2. The average molecular weight is 149 g/mol. The molecule has 0 saturated carbocycles. The molecule has 54 valence electrons. The maximum Gasteiger partial charge on any atom is 0.276 e. The van der Waals surface area contributed by atoms with Crippen molar-refractivity contribution in [1.29, 1.82) is 0 Å². The Hall–Kier alpha value is -0.220. The Balaban J connectivity index is 3.26. The van der Waals surface area contributed by atoms with E-state index in [0.29, 0.717) is 6.61 Å². The highest BCUT2D eigenvalue weighted by molar-refractivity contribution is 7.96. The summed E-state index contributed by atoms with van der Waals surface area (Å²) in [7, 11) is 1.58. The van der Waals surface area contributed by atoms with Crippen molar-refractivity contribution < 1.29 is 9.53 Å². The summed E-state index contributed by atoms with van der Waals surface area (Å²) in [6.07, 6.45) is 0. The van der Waals surface area contributed by atoms with E-state index in [-0.39, 0.29) is 11.3 Å². The molecular weight excluding hydrogens is 138 g/mol. The van der Waals surface area contributed by atoms with Gasteiger partial charge in [-0.3, -0.25) is 4.79 Å². The first-order valence-corrected chi connectivity index (χ1v) is 3.10. The fraction of sp³-hybridized carbons (Fsp3) is 0.800. The predicted molar refractivity (Wildman–Crippen MR) is 38.9 cm³/mol. The second-order valence-corrected chi connectivity index (χ2v) is 2.21. The lowest BCUT2D eigenvalue weighted by atomic mass is 10.4. The number of rotatable bonds is 3. The fourth-order valence-electron chi connectivity index (χ4n) is 0.502. The number of carbonyl (C=O) groups is 1. The van der Waals surface area contributed by atoms with E-state index in [1.54, 1.807) is 7.11 Å². The van der Waals surface area contributed by atoms with E-state index >= 15 is 0 Å². The molecule has 0 aliphatic heterocycles. The van der Waals surface area contributed by atoms with Crippen LogP contribution in [0.3, 0.4) is 0 Å². The van der Waals surface area contributed by atoms with Crippen molar-refractivity contribution in [2.24, 2.45) is 0 Å². The van der Waals surface area contributed by atoms with Crippen LogP contribution >= 0.6 is 12.6 Å². The largest absolute Gasteiger partial charge is 0.383 e. The van der Waals surface area contributed by atoms with Gasteiger partial charge in [0.2, 0.25) is 0 Å². The van der Waals surface area contributed by atoms with Gasteiger partial charge in [-0.15, -0.1) is 0 Å². The lowest BCUT2D eigenvalue weighted by Gasteiger charge is -2.08. The number of amides is 1. The van der Waals surface area contributed by atoms with E-state index in [1.165, 1.54) is 0 Å². The molecule has 0 rings (SSSR count). The van der Waals surface area contributed by atoms with Gasteiger partial charge < -0.3 is 10.1 Å². The Morgan fingerprint density at radius 1 is 1.89 bits per heavy atom. The standard InChI is InChI=1S/C5H11NO2S/c1-4(3-8-2)6-5(7)9/h4H,3H2,1-2H3,(H2,6,7,9). The predicted octanol–water partition coefficient (Wildman–Crippen LogP) is 0.661. The van der Waals surface area contributed by atoms with Gasteiger partial charge in [-0.05, 0) is 6.92 Å². The lowest BCUT2D eigenvalue weighted by molar-refractivity contribution is 0.174. The van der Waals surface area contributed by atoms with E-state index < -0.39 is 0 Å². The van der Waals surface area contributed by atoms with Crippen LogP contribution in [0, 0.1) is 0 Å². The first-order chi connectivity index (χ1) is 4.16. The van der Waals surface area contributed by atoms with Crippen LogP contribution in [0.4, 0.5) is 4.79 Å². The summed E-state index contributed by atoms with van der Waals surface area (Å²) in [5.74, 6) is 0. The zero-order valence-electron chi connectivity index (χ0n) is 5.55. The molecule has 0 aromatic heterocycles. The number of hydrogen-bond acceptors (Lipinski definition) is 2. The van der Waals surface area contributed by atoms with Crippen molar-refractivity contribution in [2.45, 2.75) is 13.0 Å². The summed E-state index contributed by atoms with van der Waals surface area (Å²) < 4.78 is 4.76. The van der Waals surface area contributed by atoms with Gasteiger partial charge >= 0.3 is 0 Å². The summed E-state index contributed by atoms with van der Waals surface area (Å²) in [5, 5.41) is 2.22. The maximum absolute atomic E-state index is 10.2. The van der Waals surface area contributed by atoms with Crippen LogP contribution in [0.2, 0.25) is 0 Å². The summed E-state index contributed by atoms with van der Waals surface area (Å²) in [5.41, 5.74) is 0. The van der Waals surface area contributed by atoms with Crippen molar-refractivity contribution in [2.75, 3.05) is 13.7 Å². The number of ether oxygens (including phenoxy) is 1. The smallest absolute Gasteiger partial charge is 0.276 e. The zero-order chi connectivity index (χ0) is 7.28. The first kappa shape index (κ1) is 8.78. The van der Waals surface area contributed by atoms with Gasteiger partial charge in [0.05, 0.1) is 12.6 Å². The monoisotopic (exact) mass is 149 g/mol. The highest BCUT2D eigenvalue weighted by Gasteiger charge is 2.00. The fourth-order valence-corrected chi connectivity index (χ4v) is 0.723. The van der Waals surface area contributed by atoms with E-state index in [4.69, 9.17) is 4.74 Å². The minimum atomic E-state index is -0.320. The van der Waals surface area contributed by atoms with Crippen LogP contribution in [-0.4, -0.2) is 25.0 Å². The van der Waals surface area contributed by atoms with Gasteiger partial charge in [-0.2, -0.15) is 0 Å². The molecule has 0 fully saturated rings. The van der Waals surface area contributed by atoms with Crippen LogP contribution in [0.25, 0.3) is 0 Å². The van der Waals surface area contributed by atoms with E-state index in [9.17, 15) is 4.79 Å². The van der Waals surface area contributed by atoms with Crippen LogP contribution < -0.4 is 5.32 Å². The molecule has 0 saturated heterocycles. The minimum Gasteiger partial charge on any atom is -0.383 e. The average Bonchev–Trinajstić information content (AvgIpc) is 1.63. The van der Waals surface area contributed by atoms with E-state index in [1.807, 2.05) is 6.92 Å². The molecule has 4 heteroatoms. The SMILES string of the molecule is COCC(C)NC(=O)S. The molecule has 0 aliphatic rings. The third-order valence-corrected chi connectivity index (χ3v) is 0.916. The molecule has 0 bridgehead atoms. The van der Waals surface area contributed by atoms with Gasteiger partial charge in [-0.25, -0.2) is 0 Å². The highest BCUT2D eigenvalue weighted by Crippen LogP contribution is 1.84. The molecule has 1 amide bonds. The Labute approximate surface area is 60.2 Å². The Bertz CT molecular complexity index is 97.0. The number of thiol groups is 1. The molecule has 0 aromatic carbocycles. The molecule has 3 nitrogen and oxygen atoms in total. The Morgan fingerprint density at radius 2 is 2.44 bits per heavy atom. The molecule has 1 unspecified atom stereocenters. The van der Waals surface area contributed by atoms with Crippen LogP contribution in [0.15, 0.2) is 0 Å². The van der Waals surface area contributed by atoms with Crippen LogP contribution in [0.5, 0.6) is 0 Å². The van der Waals surface area contributed by atoms with Crippen LogP contribution in [0.1, 0.15) is 6.92 Å². The van der Waals surface area contributed by atoms with Gasteiger partial charge in [0.1, 0.15) is 0 Å². The van der Waals surface area contributed by atoms with E-state index in [0.717, 1.165) is 0 Å². The lowest BCUT2D eigenvalue weighted by Crippen LogP contribution is -2.31. The maximum atomic E-state index is 10.2. The Kier molecular flexibility index (Phi) is 4.53. The second kappa shape index (κ2) is 4.64. The van der Waals surface area contributed by atoms with Crippen molar-refractivity contribution in [3.05, 3.63) is 0 Å². The summed E-state index contributed by atoms with van der Waals surface area (Å²) >= 11 is 3.52. The second-order valence-electron chi connectivity index (χ2n) is 1.81. The molecule has 0 aromatic rings. The highest BCUT2D eigenvalue weighted by atomic mass is 32.1. The van der Waals surface area contributed by atoms with Crippen molar-refractivity contribution in [1.82, 2.24) is 5.32 Å². The van der Waals surface area contributed by atoms with Gasteiger partial charge in [0, 0.05) is 7.11 Å². The minimum absolute atomic E-state index is 0.0417. The topological polar surface area (TPSA) is 38.3 Å². The van der Waals surface area contributed by atoms with Crippen molar-refractivity contribution in [3.8, 4) is 0 Å². The molecule has 1 atom stereocenters. The Morgan fingerprint density at radius 3 is 2.78 bits per heavy atom. The van der Waals surface area contributed by atoms with Crippen molar-refractivity contribution in [3.63, 3.8) is 0 Å². The molecule has 0 aliphatic carbocycles. The normalized spacial score (nSPS) is 12.8. The van der Waals surface area contributed by atoms with Crippen molar-refractivity contribution >= 4 is 17.9 Å². The summed E-state index contributed by atoms with van der Waals surface area (Å²) in [6.45, 7) is 2.37. The number of nitrogens with one attached hydrogen (secondary N) is 1. The molecule has 9 heavy (non-hydrogen) atoms. The number of hydrogen-bond donors (Lipinski definition) is 2. The van der Waals surface area contributed by atoms with Crippen LogP contribution in [-0.2, 0) is 4.74 Å². The number of carbonyl (C=O) groups excluding carboxylic acids is 1. The van der Waals surface area contributed by atoms with Gasteiger partial charge in [0.25, 0.3) is 5.24 Å². The van der Waals surface area contributed by atoms with E-state index in [2.05, 4.69) is 17.9 Å². The molecule has 1 N–H and O–H groups in total. The zero-order valence-corrected chi connectivity index (χ0v) is 6.44. The molecular formula is C5H11NO2S. The third kappa shape index (κ3) is 5.65. The summed E-state index contributed by atoms with van der Waals surface area (Å²) in [6, 6.07) is 0.0417. The number of methoxy groups -OCH3 is 1. The molecule has 0 radical (unpaired) electrons. The first-order valence-electron chi connectivity index (χ1n) is 2.65.